The fraction of sp³-hybridized carbons (Fsp3) is 0.455. The molecule has 4 aromatic rings. The Balaban J connectivity index is 0.000000271. The van der Waals surface area contributed by atoms with Crippen LogP contribution in [-0.2, 0) is 0 Å². The number of hydrogen-bond acceptors (Lipinski definition) is 2. The topological polar surface area (TPSA) is 18.5 Å². The van der Waals surface area contributed by atoms with E-state index >= 15 is 0 Å². The van der Waals surface area contributed by atoms with E-state index in [1.54, 1.807) is 20.1 Å². The van der Waals surface area contributed by atoms with Gasteiger partial charge in [0.15, 0.2) is 0 Å². The van der Waals surface area contributed by atoms with Crippen molar-refractivity contribution in [1.29, 1.82) is 0 Å². The summed E-state index contributed by atoms with van der Waals surface area (Å²) in [5, 5.41) is 0. The molecule has 0 saturated heterocycles. The molecule has 0 fully saturated rings. The van der Waals surface area contributed by atoms with Crippen LogP contribution in [0.2, 0.25) is 0 Å². The Hall–Kier alpha value is -3.73. The Labute approximate surface area is 294 Å². The van der Waals surface area contributed by atoms with Crippen molar-refractivity contribution < 1.29 is 22.6 Å². The summed E-state index contributed by atoms with van der Waals surface area (Å²) < 4.78 is 48.2. The van der Waals surface area contributed by atoms with Gasteiger partial charge >= 0.3 is 6.36 Å². The number of aryl methyl sites for hydroxylation is 1. The summed E-state index contributed by atoms with van der Waals surface area (Å²) in [6.45, 7) is 28.0. The van der Waals surface area contributed by atoms with Crippen LogP contribution in [0.5, 0.6) is 11.5 Å². The zero-order chi connectivity index (χ0) is 37.0. The van der Waals surface area contributed by atoms with Crippen LogP contribution < -0.4 is 9.47 Å². The molecule has 0 N–H and O–H groups in total. The first-order valence-electron chi connectivity index (χ1n) is 17.6. The molecule has 0 atom stereocenters. The number of hydrogen-bond donors (Lipinski definition) is 0. The Morgan fingerprint density at radius 2 is 1.00 bits per heavy atom. The third-order valence-corrected chi connectivity index (χ3v) is 9.38. The van der Waals surface area contributed by atoms with Crippen LogP contribution >= 0.6 is 0 Å². The number of halogens is 3. The van der Waals surface area contributed by atoms with Crippen molar-refractivity contribution in [2.45, 2.75) is 126 Å². The standard InChI is InChI=1S/C23H29F3O.C21H28O/c1-13(2)17-11-19(14(3)4)22(20(12-17)15(5)6)18-9-8-10-21(16(18)7)27-23(24,25)26;1-13(2)17-9-8-10-18(14(3)4)21(17)20-15(5)11-12-19(22-7)16(20)6/h8-15H,1-7H3;8-14H,1-7H3. The molecule has 0 aliphatic carbocycles. The molecule has 0 amide bonds. The molecule has 0 spiro atoms. The highest BCUT2D eigenvalue weighted by Gasteiger charge is 2.32. The minimum atomic E-state index is -4.70. The third-order valence-electron chi connectivity index (χ3n) is 9.38. The van der Waals surface area contributed by atoms with Crippen LogP contribution in [0, 0.1) is 20.8 Å². The zero-order valence-corrected chi connectivity index (χ0v) is 32.1. The molecule has 0 saturated carbocycles. The first-order valence-corrected chi connectivity index (χ1v) is 17.6. The van der Waals surface area contributed by atoms with Crippen LogP contribution in [0.4, 0.5) is 13.2 Å². The highest BCUT2D eigenvalue weighted by atomic mass is 19.4. The van der Waals surface area contributed by atoms with Gasteiger partial charge in [0, 0.05) is 0 Å². The van der Waals surface area contributed by atoms with Crippen molar-refractivity contribution in [3.8, 4) is 33.8 Å². The lowest BCUT2D eigenvalue weighted by atomic mass is 9.80. The van der Waals surface area contributed by atoms with Gasteiger partial charge in [0.1, 0.15) is 11.5 Å². The molecule has 266 valence electrons. The number of methoxy groups -OCH3 is 1. The minimum Gasteiger partial charge on any atom is -0.496 e. The molecule has 0 aromatic heterocycles. The molecule has 5 heteroatoms. The predicted molar refractivity (Wildman–Crippen MR) is 202 cm³/mol. The number of ether oxygens (including phenoxy) is 2. The average molecular weight is 675 g/mol. The molecule has 4 aromatic carbocycles. The Morgan fingerprint density at radius 3 is 1.43 bits per heavy atom. The maximum atomic E-state index is 12.8. The molecule has 2 nitrogen and oxygen atoms in total. The molecule has 0 bridgehead atoms. The van der Waals surface area contributed by atoms with Crippen LogP contribution in [0.25, 0.3) is 22.3 Å². The van der Waals surface area contributed by atoms with Crippen LogP contribution in [0.3, 0.4) is 0 Å². The Morgan fingerprint density at radius 1 is 0.510 bits per heavy atom. The first kappa shape index (κ1) is 39.7. The molecule has 0 aliphatic heterocycles. The summed E-state index contributed by atoms with van der Waals surface area (Å²) in [7, 11) is 1.75. The van der Waals surface area contributed by atoms with Gasteiger partial charge in [-0.05, 0) is 129 Å². The van der Waals surface area contributed by atoms with E-state index in [1.807, 2.05) is 6.07 Å². The Bertz CT molecular complexity index is 1670. The normalized spacial score (nSPS) is 11.9. The van der Waals surface area contributed by atoms with E-state index in [0.717, 1.165) is 28.0 Å². The second-order valence-electron chi connectivity index (χ2n) is 14.7. The smallest absolute Gasteiger partial charge is 0.496 e. The average Bonchev–Trinajstić information content (AvgIpc) is 3.01. The van der Waals surface area contributed by atoms with Crippen molar-refractivity contribution in [3.05, 3.63) is 105 Å². The summed E-state index contributed by atoms with van der Waals surface area (Å²) in [4.78, 5) is 0. The van der Waals surface area contributed by atoms with E-state index in [-0.39, 0.29) is 17.6 Å². The summed E-state index contributed by atoms with van der Waals surface area (Å²) in [5.41, 5.74) is 14.1. The number of benzene rings is 4. The fourth-order valence-corrected chi connectivity index (χ4v) is 6.66. The van der Waals surface area contributed by atoms with Gasteiger partial charge in [-0.1, -0.05) is 118 Å². The van der Waals surface area contributed by atoms with Crippen LogP contribution in [0.15, 0.2) is 60.7 Å². The predicted octanol–water partition coefficient (Wildman–Crippen LogP) is 14.2. The second-order valence-corrected chi connectivity index (χ2v) is 14.7. The molecule has 49 heavy (non-hydrogen) atoms. The van der Waals surface area contributed by atoms with E-state index in [0.29, 0.717) is 23.3 Å². The molecule has 0 aliphatic rings. The van der Waals surface area contributed by atoms with Crippen molar-refractivity contribution >= 4 is 0 Å². The molecular formula is C44H57F3O2. The van der Waals surface area contributed by atoms with Crippen molar-refractivity contribution in [1.82, 2.24) is 0 Å². The summed E-state index contributed by atoms with van der Waals surface area (Å²) >= 11 is 0. The van der Waals surface area contributed by atoms with Crippen molar-refractivity contribution in [2.75, 3.05) is 7.11 Å². The second kappa shape index (κ2) is 16.3. The highest BCUT2D eigenvalue weighted by Crippen LogP contribution is 2.43. The molecule has 4 rings (SSSR count). The van der Waals surface area contributed by atoms with Crippen LogP contribution in [-0.4, -0.2) is 13.5 Å². The van der Waals surface area contributed by atoms with Crippen molar-refractivity contribution in [3.63, 3.8) is 0 Å². The summed E-state index contributed by atoms with van der Waals surface area (Å²) in [5.74, 6) is 2.71. The largest absolute Gasteiger partial charge is 0.573 e. The van der Waals surface area contributed by atoms with E-state index in [2.05, 4.69) is 130 Å². The number of rotatable bonds is 9. The first-order chi connectivity index (χ1) is 22.8. The lowest BCUT2D eigenvalue weighted by Crippen LogP contribution is -2.18. The lowest BCUT2D eigenvalue weighted by molar-refractivity contribution is -0.274. The van der Waals surface area contributed by atoms with Gasteiger partial charge in [-0.2, -0.15) is 0 Å². The lowest BCUT2D eigenvalue weighted by Gasteiger charge is -2.25. The van der Waals surface area contributed by atoms with Gasteiger partial charge < -0.3 is 9.47 Å². The molecule has 0 unspecified atom stereocenters. The molecule has 0 radical (unpaired) electrons. The van der Waals surface area contributed by atoms with E-state index < -0.39 is 6.36 Å². The minimum absolute atomic E-state index is 0.141. The number of alkyl halides is 3. The SMILES string of the molecule is COc1ccc(C)c(-c2c(C(C)C)cccc2C(C)C)c1C.Cc1c(OC(F)(F)F)cccc1-c1c(C(C)C)cc(C(C)C)cc1C(C)C. The molecular weight excluding hydrogens is 617 g/mol. The van der Waals surface area contributed by atoms with Crippen LogP contribution in [0.1, 0.15) is 143 Å². The van der Waals surface area contributed by atoms with Gasteiger partial charge in [0.2, 0.25) is 0 Å². The fourth-order valence-electron chi connectivity index (χ4n) is 6.66. The monoisotopic (exact) mass is 674 g/mol. The van der Waals surface area contributed by atoms with Gasteiger partial charge in [-0.3, -0.25) is 0 Å². The Kier molecular flexibility index (Phi) is 13.2. The highest BCUT2D eigenvalue weighted by molar-refractivity contribution is 5.80. The maximum Gasteiger partial charge on any atom is 0.573 e. The summed E-state index contributed by atoms with van der Waals surface area (Å²) in [6.07, 6.45) is -4.70. The van der Waals surface area contributed by atoms with E-state index in [9.17, 15) is 13.2 Å². The summed E-state index contributed by atoms with van der Waals surface area (Å²) in [6, 6.07) is 20.3. The zero-order valence-electron chi connectivity index (χ0n) is 32.1. The quantitative estimate of drug-likeness (QED) is 0.176. The van der Waals surface area contributed by atoms with Gasteiger partial charge in [-0.25, -0.2) is 0 Å². The van der Waals surface area contributed by atoms with Gasteiger partial charge in [0.25, 0.3) is 0 Å². The molecule has 0 heterocycles. The van der Waals surface area contributed by atoms with Gasteiger partial charge in [0.05, 0.1) is 7.11 Å². The van der Waals surface area contributed by atoms with Crippen molar-refractivity contribution in [2.24, 2.45) is 0 Å². The van der Waals surface area contributed by atoms with E-state index in [1.165, 1.54) is 45.0 Å². The maximum absolute atomic E-state index is 12.8. The van der Waals surface area contributed by atoms with E-state index in [4.69, 9.17) is 4.74 Å². The third kappa shape index (κ3) is 9.29. The van der Waals surface area contributed by atoms with Gasteiger partial charge in [-0.15, -0.1) is 13.2 Å².